The van der Waals surface area contributed by atoms with Crippen LogP contribution in [0.25, 0.3) is 16.5 Å². The molecule has 1 aromatic carbocycles. The SMILES string of the molecule is C/C(=C/C(=O)O)c1ccc2c(ccn2C(C)C)c1. The molecule has 1 N–H and O–H groups in total. The quantitative estimate of drug-likeness (QED) is 0.835. The van der Waals surface area contributed by atoms with Gasteiger partial charge < -0.3 is 9.67 Å². The van der Waals surface area contributed by atoms with E-state index < -0.39 is 5.97 Å². The van der Waals surface area contributed by atoms with Gasteiger partial charge in [-0.15, -0.1) is 0 Å². The van der Waals surface area contributed by atoms with Crippen molar-refractivity contribution in [1.82, 2.24) is 4.57 Å². The molecule has 0 radical (unpaired) electrons. The first-order chi connectivity index (χ1) is 8.49. The fourth-order valence-electron chi connectivity index (χ4n) is 2.13. The lowest BCUT2D eigenvalue weighted by Gasteiger charge is -2.09. The van der Waals surface area contributed by atoms with E-state index in [1.165, 1.54) is 11.6 Å². The van der Waals surface area contributed by atoms with Crippen molar-refractivity contribution >= 4 is 22.4 Å². The number of aromatic nitrogens is 1. The predicted octanol–water partition coefficient (Wildman–Crippen LogP) is 3.71. The summed E-state index contributed by atoms with van der Waals surface area (Å²) in [5.74, 6) is -0.910. The lowest BCUT2D eigenvalue weighted by molar-refractivity contribution is -0.131. The molecule has 0 unspecified atom stereocenters. The first-order valence-corrected chi connectivity index (χ1v) is 6.01. The molecule has 0 aliphatic rings. The summed E-state index contributed by atoms with van der Waals surface area (Å²) in [6, 6.07) is 8.53. The number of benzene rings is 1. The highest BCUT2D eigenvalue weighted by Crippen LogP contribution is 2.24. The zero-order chi connectivity index (χ0) is 13.3. The van der Waals surface area contributed by atoms with Crippen LogP contribution in [0.3, 0.4) is 0 Å². The lowest BCUT2D eigenvalue weighted by atomic mass is 10.1. The number of nitrogens with zero attached hydrogens (tertiary/aromatic N) is 1. The second-order valence-electron chi connectivity index (χ2n) is 4.76. The van der Waals surface area contributed by atoms with Crippen molar-refractivity contribution in [3.05, 3.63) is 42.1 Å². The Labute approximate surface area is 106 Å². The van der Waals surface area contributed by atoms with Crippen LogP contribution >= 0.6 is 0 Å². The highest BCUT2D eigenvalue weighted by Gasteiger charge is 2.06. The normalized spacial score (nSPS) is 12.3. The van der Waals surface area contributed by atoms with Crippen LogP contribution in [-0.4, -0.2) is 15.6 Å². The zero-order valence-corrected chi connectivity index (χ0v) is 10.8. The summed E-state index contributed by atoms with van der Waals surface area (Å²) < 4.78 is 2.20. The first kappa shape index (κ1) is 12.4. The van der Waals surface area contributed by atoms with Crippen LogP contribution in [-0.2, 0) is 4.79 Å². The summed E-state index contributed by atoms with van der Waals surface area (Å²) in [6.45, 7) is 6.10. The molecule has 0 saturated carbocycles. The Balaban J connectivity index is 2.49. The van der Waals surface area contributed by atoms with E-state index in [9.17, 15) is 4.79 Å². The molecule has 3 nitrogen and oxygen atoms in total. The van der Waals surface area contributed by atoms with Gasteiger partial charge in [0.1, 0.15) is 0 Å². The number of hydrogen-bond acceptors (Lipinski definition) is 1. The summed E-state index contributed by atoms with van der Waals surface area (Å²) in [7, 11) is 0. The van der Waals surface area contributed by atoms with Crippen molar-refractivity contribution in [3.63, 3.8) is 0 Å². The number of carbonyl (C=O) groups is 1. The third-order valence-electron chi connectivity index (χ3n) is 3.07. The molecule has 0 atom stereocenters. The highest BCUT2D eigenvalue weighted by molar-refractivity contribution is 5.91. The first-order valence-electron chi connectivity index (χ1n) is 6.01. The molecule has 0 aliphatic heterocycles. The van der Waals surface area contributed by atoms with Gasteiger partial charge in [-0.3, -0.25) is 0 Å². The van der Waals surface area contributed by atoms with Crippen LogP contribution < -0.4 is 0 Å². The molecule has 3 heteroatoms. The monoisotopic (exact) mass is 243 g/mol. The van der Waals surface area contributed by atoms with E-state index in [1.54, 1.807) is 0 Å². The lowest BCUT2D eigenvalue weighted by Crippen LogP contribution is -1.97. The maximum Gasteiger partial charge on any atom is 0.328 e. The van der Waals surface area contributed by atoms with Gasteiger partial charge in [-0.05, 0) is 50.1 Å². The van der Waals surface area contributed by atoms with Gasteiger partial charge in [-0.2, -0.15) is 0 Å². The number of allylic oxidation sites excluding steroid dienone is 1. The molecule has 94 valence electrons. The molecular weight excluding hydrogens is 226 g/mol. The molecule has 0 bridgehead atoms. The van der Waals surface area contributed by atoms with Crippen molar-refractivity contribution in [2.24, 2.45) is 0 Å². The summed E-state index contributed by atoms with van der Waals surface area (Å²) >= 11 is 0. The average Bonchev–Trinajstić information content (AvgIpc) is 2.70. The molecule has 2 rings (SSSR count). The van der Waals surface area contributed by atoms with Crippen molar-refractivity contribution in [1.29, 1.82) is 0 Å². The van der Waals surface area contributed by atoms with Crippen molar-refractivity contribution in [3.8, 4) is 0 Å². The third-order valence-corrected chi connectivity index (χ3v) is 3.07. The number of rotatable bonds is 3. The van der Waals surface area contributed by atoms with Gasteiger partial charge in [0.2, 0.25) is 0 Å². The zero-order valence-electron chi connectivity index (χ0n) is 10.8. The number of hydrogen-bond donors (Lipinski definition) is 1. The van der Waals surface area contributed by atoms with Crippen molar-refractivity contribution < 1.29 is 9.90 Å². The fourth-order valence-corrected chi connectivity index (χ4v) is 2.13. The van der Waals surface area contributed by atoms with Crippen LogP contribution in [0.15, 0.2) is 36.5 Å². The summed E-state index contributed by atoms with van der Waals surface area (Å²) in [5, 5.41) is 9.89. The third kappa shape index (κ3) is 2.30. The van der Waals surface area contributed by atoms with Gasteiger partial charge in [0.25, 0.3) is 0 Å². The Kier molecular flexibility index (Phi) is 3.24. The van der Waals surface area contributed by atoms with Crippen molar-refractivity contribution in [2.45, 2.75) is 26.8 Å². The Morgan fingerprint density at radius 2 is 2.06 bits per heavy atom. The van der Waals surface area contributed by atoms with E-state index in [0.29, 0.717) is 6.04 Å². The minimum Gasteiger partial charge on any atom is -0.478 e. The summed E-state index contributed by atoms with van der Waals surface area (Å²) in [5.41, 5.74) is 2.89. The summed E-state index contributed by atoms with van der Waals surface area (Å²) in [6.07, 6.45) is 3.30. The molecule has 0 aliphatic carbocycles. The maximum atomic E-state index is 10.7. The van der Waals surface area contributed by atoms with Gasteiger partial charge in [0.15, 0.2) is 0 Å². The number of carboxylic acids is 1. The van der Waals surface area contributed by atoms with E-state index in [0.717, 1.165) is 16.5 Å². The van der Waals surface area contributed by atoms with E-state index in [-0.39, 0.29) is 0 Å². The van der Waals surface area contributed by atoms with Crippen LogP contribution in [0.4, 0.5) is 0 Å². The maximum absolute atomic E-state index is 10.7. The minimum absolute atomic E-state index is 0.420. The second kappa shape index (κ2) is 4.69. The molecule has 0 fully saturated rings. The predicted molar refractivity (Wildman–Crippen MR) is 73.6 cm³/mol. The van der Waals surface area contributed by atoms with E-state index >= 15 is 0 Å². The van der Waals surface area contributed by atoms with Crippen LogP contribution in [0.5, 0.6) is 0 Å². The van der Waals surface area contributed by atoms with Crippen LogP contribution in [0.1, 0.15) is 32.4 Å². The Bertz CT molecular complexity index is 620. The number of fused-ring (bicyclic) bond motifs is 1. The molecule has 18 heavy (non-hydrogen) atoms. The molecule has 0 saturated heterocycles. The van der Waals surface area contributed by atoms with E-state index in [1.807, 2.05) is 25.1 Å². The molecule has 2 aromatic rings. The molecule has 1 aromatic heterocycles. The van der Waals surface area contributed by atoms with E-state index in [2.05, 4.69) is 30.7 Å². The van der Waals surface area contributed by atoms with Crippen molar-refractivity contribution in [2.75, 3.05) is 0 Å². The second-order valence-corrected chi connectivity index (χ2v) is 4.76. The molecule has 0 amide bonds. The number of carboxylic acid groups (broad SMARTS) is 1. The smallest absolute Gasteiger partial charge is 0.328 e. The van der Waals surface area contributed by atoms with Crippen LogP contribution in [0.2, 0.25) is 0 Å². The van der Waals surface area contributed by atoms with E-state index in [4.69, 9.17) is 5.11 Å². The van der Waals surface area contributed by atoms with Gasteiger partial charge in [0.05, 0.1) is 0 Å². The standard InChI is InChI=1S/C15H17NO2/c1-10(2)16-7-6-13-9-12(4-5-14(13)16)11(3)8-15(17)18/h4-10H,1-3H3,(H,17,18)/b11-8-. The Morgan fingerprint density at radius 1 is 1.33 bits per heavy atom. The molecule has 1 heterocycles. The Morgan fingerprint density at radius 3 is 2.67 bits per heavy atom. The Hall–Kier alpha value is -2.03. The highest BCUT2D eigenvalue weighted by atomic mass is 16.4. The topological polar surface area (TPSA) is 42.2 Å². The summed E-state index contributed by atoms with van der Waals surface area (Å²) in [4.78, 5) is 10.7. The minimum atomic E-state index is -0.910. The largest absolute Gasteiger partial charge is 0.478 e. The van der Waals surface area contributed by atoms with Gasteiger partial charge >= 0.3 is 5.97 Å². The molecular formula is C15H17NO2. The van der Waals surface area contributed by atoms with Crippen LogP contribution in [0, 0.1) is 0 Å². The van der Waals surface area contributed by atoms with Gasteiger partial charge in [0, 0.05) is 29.2 Å². The fraction of sp³-hybridized carbons (Fsp3) is 0.267. The van der Waals surface area contributed by atoms with Gasteiger partial charge in [-0.1, -0.05) is 6.07 Å². The van der Waals surface area contributed by atoms with Gasteiger partial charge in [-0.25, -0.2) is 4.79 Å². The average molecular weight is 243 g/mol. The number of aliphatic carboxylic acids is 1. The molecule has 0 spiro atoms.